The van der Waals surface area contributed by atoms with Gasteiger partial charge in [-0.2, -0.15) is 0 Å². The van der Waals surface area contributed by atoms with Gasteiger partial charge in [-0.05, 0) is 18.4 Å². The van der Waals surface area contributed by atoms with E-state index >= 15 is 0 Å². The summed E-state index contributed by atoms with van der Waals surface area (Å²) in [5.41, 5.74) is 1.22. The minimum absolute atomic E-state index is 0.120. The zero-order valence-corrected chi connectivity index (χ0v) is 12.9. The molecule has 1 aromatic heterocycles. The minimum Gasteiger partial charge on any atom is -0.480 e. The van der Waals surface area contributed by atoms with E-state index in [1.54, 1.807) is 6.07 Å². The molecule has 0 aliphatic heterocycles. The SMILES string of the molecule is COCc1c(C(=O)NC(CC2CC2)C(=O)O)oc2ccccc12. The molecule has 6 heteroatoms. The number of furan rings is 1. The van der Waals surface area contributed by atoms with Gasteiger partial charge in [-0.25, -0.2) is 4.79 Å². The van der Waals surface area contributed by atoms with E-state index in [0.717, 1.165) is 18.2 Å². The summed E-state index contributed by atoms with van der Waals surface area (Å²) >= 11 is 0. The summed E-state index contributed by atoms with van der Waals surface area (Å²) in [7, 11) is 1.54. The Morgan fingerprint density at radius 1 is 1.39 bits per heavy atom. The Morgan fingerprint density at radius 2 is 2.13 bits per heavy atom. The van der Waals surface area contributed by atoms with Gasteiger partial charge in [0.2, 0.25) is 0 Å². The number of hydrogen-bond donors (Lipinski definition) is 2. The van der Waals surface area contributed by atoms with Crippen LogP contribution in [0, 0.1) is 5.92 Å². The highest BCUT2D eigenvalue weighted by Crippen LogP contribution is 2.34. The lowest BCUT2D eigenvalue weighted by molar-refractivity contribution is -0.139. The summed E-state index contributed by atoms with van der Waals surface area (Å²) in [6, 6.07) is 6.40. The van der Waals surface area contributed by atoms with Gasteiger partial charge in [0.15, 0.2) is 5.76 Å². The number of aliphatic carboxylic acids is 1. The van der Waals surface area contributed by atoms with Crippen molar-refractivity contribution in [2.24, 2.45) is 5.92 Å². The minimum atomic E-state index is -1.02. The first kappa shape index (κ1) is 15.6. The van der Waals surface area contributed by atoms with Gasteiger partial charge in [-0.1, -0.05) is 31.0 Å². The highest BCUT2D eigenvalue weighted by molar-refractivity contribution is 6.00. The van der Waals surface area contributed by atoms with Crippen molar-refractivity contribution < 1.29 is 23.8 Å². The van der Waals surface area contributed by atoms with Gasteiger partial charge in [0.25, 0.3) is 5.91 Å². The Bertz CT molecular complexity index is 732. The molecule has 0 saturated heterocycles. The van der Waals surface area contributed by atoms with Crippen LogP contribution in [-0.2, 0) is 16.1 Å². The number of rotatable bonds is 7. The van der Waals surface area contributed by atoms with E-state index in [2.05, 4.69) is 5.32 Å². The van der Waals surface area contributed by atoms with E-state index in [-0.39, 0.29) is 12.4 Å². The van der Waals surface area contributed by atoms with Crippen LogP contribution < -0.4 is 5.32 Å². The van der Waals surface area contributed by atoms with Crippen LogP contribution in [0.5, 0.6) is 0 Å². The first-order valence-corrected chi connectivity index (χ1v) is 7.63. The normalized spacial score (nSPS) is 15.5. The number of methoxy groups -OCH3 is 1. The van der Waals surface area contributed by atoms with Gasteiger partial charge >= 0.3 is 5.97 Å². The molecular weight excluding hydrogens is 298 g/mol. The molecule has 1 unspecified atom stereocenters. The molecule has 23 heavy (non-hydrogen) atoms. The fourth-order valence-corrected chi connectivity index (χ4v) is 2.70. The van der Waals surface area contributed by atoms with Gasteiger partial charge in [-0.3, -0.25) is 4.79 Å². The third-order valence-electron chi connectivity index (χ3n) is 4.06. The fourth-order valence-electron chi connectivity index (χ4n) is 2.70. The molecule has 1 amide bonds. The summed E-state index contributed by atoms with van der Waals surface area (Å²) < 4.78 is 10.8. The van der Waals surface area contributed by atoms with Crippen molar-refractivity contribution in [2.45, 2.75) is 31.9 Å². The molecule has 0 radical (unpaired) electrons. The topological polar surface area (TPSA) is 88.8 Å². The molecule has 0 bridgehead atoms. The van der Waals surface area contributed by atoms with Gasteiger partial charge in [-0.15, -0.1) is 0 Å². The lowest BCUT2D eigenvalue weighted by Gasteiger charge is -2.13. The first-order chi connectivity index (χ1) is 11.1. The zero-order chi connectivity index (χ0) is 16.4. The monoisotopic (exact) mass is 317 g/mol. The summed E-state index contributed by atoms with van der Waals surface area (Å²) in [4.78, 5) is 23.8. The number of carbonyl (C=O) groups is 2. The van der Waals surface area contributed by atoms with Crippen LogP contribution in [0.2, 0.25) is 0 Å². The standard InChI is InChI=1S/C17H19NO5/c1-22-9-12-11-4-2-3-5-14(11)23-15(12)16(19)18-13(17(20)21)8-10-6-7-10/h2-5,10,13H,6-9H2,1H3,(H,18,19)(H,20,21). The van der Waals surface area contributed by atoms with Crippen LogP contribution in [0.15, 0.2) is 28.7 Å². The molecule has 0 spiro atoms. The maximum absolute atomic E-state index is 12.5. The number of hydrogen-bond acceptors (Lipinski definition) is 4. The van der Waals surface area contributed by atoms with Gasteiger partial charge in [0.05, 0.1) is 6.61 Å². The molecule has 3 rings (SSSR count). The predicted molar refractivity (Wildman–Crippen MR) is 83.2 cm³/mol. The fraction of sp³-hybridized carbons (Fsp3) is 0.412. The van der Waals surface area contributed by atoms with Crippen molar-refractivity contribution in [3.05, 3.63) is 35.6 Å². The van der Waals surface area contributed by atoms with Crippen LogP contribution in [0.25, 0.3) is 11.0 Å². The number of carbonyl (C=O) groups excluding carboxylic acids is 1. The van der Waals surface area contributed by atoms with Crippen molar-refractivity contribution in [3.8, 4) is 0 Å². The average molecular weight is 317 g/mol. The van der Waals surface area contributed by atoms with E-state index in [1.165, 1.54) is 7.11 Å². The van der Waals surface area contributed by atoms with Gasteiger partial charge in [0.1, 0.15) is 11.6 Å². The Labute approximate surface area is 133 Å². The van der Waals surface area contributed by atoms with E-state index in [4.69, 9.17) is 9.15 Å². The van der Waals surface area contributed by atoms with Crippen LogP contribution in [0.4, 0.5) is 0 Å². The van der Waals surface area contributed by atoms with Crippen molar-refractivity contribution in [1.29, 1.82) is 0 Å². The molecule has 1 fully saturated rings. The number of para-hydroxylation sites is 1. The molecule has 1 aliphatic carbocycles. The second-order valence-electron chi connectivity index (χ2n) is 5.88. The maximum atomic E-state index is 12.5. The van der Waals surface area contributed by atoms with Gasteiger partial charge < -0.3 is 19.6 Å². The van der Waals surface area contributed by atoms with E-state index in [0.29, 0.717) is 23.5 Å². The van der Waals surface area contributed by atoms with E-state index in [1.807, 2.05) is 18.2 Å². The molecule has 2 N–H and O–H groups in total. The van der Waals surface area contributed by atoms with E-state index < -0.39 is 17.9 Å². The highest BCUT2D eigenvalue weighted by atomic mass is 16.5. The van der Waals surface area contributed by atoms with Gasteiger partial charge in [0, 0.05) is 18.1 Å². The predicted octanol–water partition coefficient (Wildman–Crippen LogP) is 2.56. The molecule has 1 aromatic carbocycles. The molecule has 1 saturated carbocycles. The Hall–Kier alpha value is -2.34. The number of fused-ring (bicyclic) bond motifs is 1. The van der Waals surface area contributed by atoms with Crippen LogP contribution in [0.1, 0.15) is 35.4 Å². The summed E-state index contributed by atoms with van der Waals surface area (Å²) in [6.45, 7) is 0.222. The van der Waals surface area contributed by atoms with Crippen molar-refractivity contribution in [1.82, 2.24) is 5.32 Å². The molecule has 2 aromatic rings. The van der Waals surface area contributed by atoms with Crippen LogP contribution in [0.3, 0.4) is 0 Å². The van der Waals surface area contributed by atoms with E-state index in [9.17, 15) is 14.7 Å². The van der Waals surface area contributed by atoms with Crippen molar-refractivity contribution in [2.75, 3.05) is 7.11 Å². The highest BCUT2D eigenvalue weighted by Gasteiger charge is 2.31. The Morgan fingerprint density at radius 3 is 2.78 bits per heavy atom. The first-order valence-electron chi connectivity index (χ1n) is 7.63. The number of amides is 1. The van der Waals surface area contributed by atoms with Crippen LogP contribution >= 0.6 is 0 Å². The molecular formula is C17H19NO5. The maximum Gasteiger partial charge on any atom is 0.326 e. The number of carboxylic acids is 1. The lowest BCUT2D eigenvalue weighted by Crippen LogP contribution is -2.41. The number of nitrogens with one attached hydrogen (secondary N) is 1. The molecule has 122 valence electrons. The smallest absolute Gasteiger partial charge is 0.326 e. The summed E-state index contributed by atoms with van der Waals surface area (Å²) in [5, 5.41) is 12.7. The molecule has 1 heterocycles. The number of benzene rings is 1. The Kier molecular flexibility index (Phi) is 4.34. The average Bonchev–Trinajstić information content (AvgIpc) is 3.27. The summed E-state index contributed by atoms with van der Waals surface area (Å²) in [6.07, 6.45) is 2.51. The Balaban J connectivity index is 1.86. The van der Waals surface area contributed by atoms with Crippen molar-refractivity contribution >= 4 is 22.8 Å². The summed E-state index contributed by atoms with van der Waals surface area (Å²) in [5.74, 6) is -1.02. The molecule has 6 nitrogen and oxygen atoms in total. The zero-order valence-electron chi connectivity index (χ0n) is 12.9. The lowest BCUT2D eigenvalue weighted by atomic mass is 10.1. The second-order valence-corrected chi connectivity index (χ2v) is 5.88. The second kappa shape index (κ2) is 6.42. The van der Waals surface area contributed by atoms with Crippen molar-refractivity contribution in [3.63, 3.8) is 0 Å². The number of ether oxygens (including phenoxy) is 1. The number of carboxylic acid groups (broad SMARTS) is 1. The third-order valence-corrected chi connectivity index (χ3v) is 4.06. The molecule has 1 atom stereocenters. The third kappa shape index (κ3) is 3.37. The quantitative estimate of drug-likeness (QED) is 0.819. The largest absolute Gasteiger partial charge is 0.480 e. The van der Waals surface area contributed by atoms with Crippen LogP contribution in [-0.4, -0.2) is 30.1 Å². The molecule has 1 aliphatic rings.